The van der Waals surface area contributed by atoms with Crippen LogP contribution in [0.4, 0.5) is 0 Å². The van der Waals surface area contributed by atoms with Crippen molar-refractivity contribution >= 4 is 21.6 Å². The van der Waals surface area contributed by atoms with Crippen LogP contribution >= 0.6 is 11.6 Å². The minimum atomic E-state index is -3.55. The minimum Gasteiger partial charge on any atom is -0.384 e. The van der Waals surface area contributed by atoms with Crippen molar-refractivity contribution in [3.63, 3.8) is 0 Å². The molecule has 1 aliphatic heterocycles. The van der Waals surface area contributed by atoms with Crippen molar-refractivity contribution in [2.24, 2.45) is 5.41 Å². The molecule has 0 saturated carbocycles. The summed E-state index contributed by atoms with van der Waals surface area (Å²) in [5, 5.41) is 3.69. The molecule has 1 heterocycles. The summed E-state index contributed by atoms with van der Waals surface area (Å²) in [4.78, 5) is 0.191. The zero-order valence-corrected chi connectivity index (χ0v) is 13.6. The fourth-order valence-corrected chi connectivity index (χ4v) is 4.06. The van der Waals surface area contributed by atoms with E-state index < -0.39 is 10.0 Å². The monoisotopic (exact) mass is 332 g/mol. The predicted octanol–water partition coefficient (Wildman–Crippen LogP) is 1.63. The highest BCUT2D eigenvalue weighted by atomic mass is 35.5. The summed E-state index contributed by atoms with van der Waals surface area (Å²) in [5.74, 6) is 0. The average molecular weight is 333 g/mol. The summed E-state index contributed by atoms with van der Waals surface area (Å²) >= 11 is 5.86. The zero-order valence-electron chi connectivity index (χ0n) is 12.1. The van der Waals surface area contributed by atoms with E-state index in [4.69, 9.17) is 16.3 Å². The predicted molar refractivity (Wildman–Crippen MR) is 83.1 cm³/mol. The van der Waals surface area contributed by atoms with Gasteiger partial charge in [-0.15, -0.1) is 0 Å². The summed E-state index contributed by atoms with van der Waals surface area (Å²) in [7, 11) is -1.90. The van der Waals surface area contributed by atoms with Gasteiger partial charge in [-0.05, 0) is 44.1 Å². The second-order valence-electron chi connectivity index (χ2n) is 5.46. The number of hydrogen-bond acceptors (Lipinski definition) is 4. The Balaban J connectivity index is 2.09. The molecule has 7 heteroatoms. The van der Waals surface area contributed by atoms with Gasteiger partial charge in [0.25, 0.3) is 0 Å². The Morgan fingerprint density at radius 3 is 2.71 bits per heavy atom. The zero-order chi connectivity index (χ0) is 15.3. The van der Waals surface area contributed by atoms with Crippen LogP contribution in [0.25, 0.3) is 0 Å². The highest BCUT2D eigenvalue weighted by Crippen LogP contribution is 2.29. The Labute approximate surface area is 131 Å². The van der Waals surface area contributed by atoms with Crippen LogP contribution in [0, 0.1) is 5.41 Å². The normalized spacial score (nSPS) is 18.6. The van der Waals surface area contributed by atoms with Crippen LogP contribution in [-0.4, -0.2) is 41.8 Å². The maximum atomic E-state index is 12.3. The van der Waals surface area contributed by atoms with Crippen molar-refractivity contribution in [2.75, 3.05) is 33.4 Å². The lowest BCUT2D eigenvalue weighted by Crippen LogP contribution is -2.47. The van der Waals surface area contributed by atoms with E-state index in [1.807, 2.05) is 0 Å². The standard InChI is InChI=1S/C14H21ClN2O3S/c1-20-11-14(5-7-16-8-6-14)10-17-21(18,19)13-4-2-3-12(15)9-13/h2-4,9,16-17H,5-8,10-11H2,1H3. The molecule has 118 valence electrons. The number of halogens is 1. The van der Waals surface area contributed by atoms with Crippen molar-refractivity contribution in [2.45, 2.75) is 17.7 Å². The quantitative estimate of drug-likeness (QED) is 0.831. The van der Waals surface area contributed by atoms with Gasteiger partial charge >= 0.3 is 0 Å². The van der Waals surface area contributed by atoms with Crippen LogP contribution in [0.3, 0.4) is 0 Å². The topological polar surface area (TPSA) is 67.4 Å². The van der Waals surface area contributed by atoms with E-state index in [2.05, 4.69) is 10.0 Å². The highest BCUT2D eigenvalue weighted by molar-refractivity contribution is 7.89. The molecule has 5 nitrogen and oxygen atoms in total. The Morgan fingerprint density at radius 1 is 1.38 bits per heavy atom. The van der Waals surface area contributed by atoms with Gasteiger partial charge in [0.2, 0.25) is 10.0 Å². The van der Waals surface area contributed by atoms with Gasteiger partial charge in [0.05, 0.1) is 11.5 Å². The molecule has 0 spiro atoms. The largest absolute Gasteiger partial charge is 0.384 e. The second kappa shape index (κ2) is 7.07. The van der Waals surface area contributed by atoms with E-state index in [1.54, 1.807) is 25.3 Å². The first kappa shape index (κ1) is 16.7. The molecule has 1 fully saturated rings. The first-order chi connectivity index (χ1) is 9.97. The summed E-state index contributed by atoms with van der Waals surface area (Å²) < 4.78 is 32.7. The Kier molecular flexibility index (Phi) is 5.62. The van der Waals surface area contributed by atoms with Gasteiger partial charge in [-0.25, -0.2) is 13.1 Å². The molecular formula is C14H21ClN2O3S. The number of benzene rings is 1. The third-order valence-corrected chi connectivity index (χ3v) is 5.49. The van der Waals surface area contributed by atoms with E-state index in [9.17, 15) is 8.42 Å². The Bertz CT molecular complexity index is 566. The molecule has 1 aliphatic rings. The van der Waals surface area contributed by atoms with Crippen molar-refractivity contribution in [3.05, 3.63) is 29.3 Å². The maximum absolute atomic E-state index is 12.3. The fraction of sp³-hybridized carbons (Fsp3) is 0.571. The average Bonchev–Trinajstić information content (AvgIpc) is 2.47. The third-order valence-electron chi connectivity index (χ3n) is 3.86. The molecule has 0 amide bonds. The third kappa shape index (κ3) is 4.40. The van der Waals surface area contributed by atoms with E-state index in [-0.39, 0.29) is 10.3 Å². The van der Waals surface area contributed by atoms with Crippen LogP contribution in [0.5, 0.6) is 0 Å². The van der Waals surface area contributed by atoms with Crippen LogP contribution in [0.15, 0.2) is 29.2 Å². The van der Waals surface area contributed by atoms with Crippen LogP contribution in [-0.2, 0) is 14.8 Å². The number of nitrogens with one attached hydrogen (secondary N) is 2. The number of piperidine rings is 1. The highest BCUT2D eigenvalue weighted by Gasteiger charge is 2.33. The minimum absolute atomic E-state index is 0.147. The molecule has 0 bridgehead atoms. The van der Waals surface area contributed by atoms with Crippen molar-refractivity contribution in [3.8, 4) is 0 Å². The van der Waals surface area contributed by atoms with E-state index in [0.717, 1.165) is 25.9 Å². The maximum Gasteiger partial charge on any atom is 0.240 e. The number of ether oxygens (including phenoxy) is 1. The van der Waals surface area contributed by atoms with E-state index in [1.165, 1.54) is 6.07 Å². The molecule has 2 N–H and O–H groups in total. The van der Waals surface area contributed by atoms with Crippen LogP contribution in [0.1, 0.15) is 12.8 Å². The fourth-order valence-electron chi connectivity index (χ4n) is 2.60. The first-order valence-corrected chi connectivity index (χ1v) is 8.78. The molecular weight excluding hydrogens is 312 g/mol. The first-order valence-electron chi connectivity index (χ1n) is 6.92. The summed E-state index contributed by atoms with van der Waals surface area (Å²) in [6, 6.07) is 6.28. The lowest BCUT2D eigenvalue weighted by Gasteiger charge is -2.37. The SMILES string of the molecule is COCC1(CNS(=O)(=O)c2cccc(Cl)c2)CCNCC1. The van der Waals surface area contributed by atoms with Crippen molar-refractivity contribution < 1.29 is 13.2 Å². The number of hydrogen-bond donors (Lipinski definition) is 2. The smallest absolute Gasteiger partial charge is 0.240 e. The molecule has 0 aromatic heterocycles. The van der Waals surface area contributed by atoms with Gasteiger partial charge in [0.15, 0.2) is 0 Å². The molecule has 0 unspecified atom stereocenters. The molecule has 1 aromatic rings. The van der Waals surface area contributed by atoms with Gasteiger partial charge in [-0.3, -0.25) is 0 Å². The summed E-state index contributed by atoms with van der Waals surface area (Å²) in [5.41, 5.74) is -0.147. The lowest BCUT2D eigenvalue weighted by molar-refractivity contribution is 0.0577. The Hall–Kier alpha value is -0.660. The van der Waals surface area contributed by atoms with Gasteiger partial charge in [-0.1, -0.05) is 17.7 Å². The molecule has 1 saturated heterocycles. The van der Waals surface area contributed by atoms with Gasteiger partial charge in [0, 0.05) is 24.1 Å². The molecule has 1 aromatic carbocycles. The summed E-state index contributed by atoms with van der Waals surface area (Å²) in [6.45, 7) is 2.68. The number of methoxy groups -OCH3 is 1. The summed E-state index contributed by atoms with van der Waals surface area (Å²) in [6.07, 6.45) is 1.78. The van der Waals surface area contributed by atoms with Gasteiger partial charge in [0.1, 0.15) is 0 Å². The van der Waals surface area contributed by atoms with Crippen molar-refractivity contribution in [1.29, 1.82) is 0 Å². The molecule has 0 atom stereocenters. The van der Waals surface area contributed by atoms with E-state index >= 15 is 0 Å². The molecule has 21 heavy (non-hydrogen) atoms. The second-order valence-corrected chi connectivity index (χ2v) is 7.67. The number of rotatable bonds is 6. The van der Waals surface area contributed by atoms with E-state index in [0.29, 0.717) is 18.2 Å². The molecule has 2 rings (SSSR count). The van der Waals surface area contributed by atoms with Gasteiger partial charge in [-0.2, -0.15) is 0 Å². The van der Waals surface area contributed by atoms with Crippen LogP contribution < -0.4 is 10.0 Å². The number of sulfonamides is 1. The Morgan fingerprint density at radius 2 is 2.10 bits per heavy atom. The molecule has 0 aliphatic carbocycles. The van der Waals surface area contributed by atoms with Crippen molar-refractivity contribution in [1.82, 2.24) is 10.0 Å². The van der Waals surface area contributed by atoms with Crippen LogP contribution in [0.2, 0.25) is 5.02 Å². The van der Waals surface area contributed by atoms with Gasteiger partial charge < -0.3 is 10.1 Å². The lowest BCUT2D eigenvalue weighted by atomic mass is 9.80. The molecule has 0 radical (unpaired) electrons.